The predicted octanol–water partition coefficient (Wildman–Crippen LogP) is 4.99. The van der Waals surface area contributed by atoms with E-state index in [-0.39, 0.29) is 6.61 Å². The molecular weight excluding hydrogens is 391 g/mol. The molecular formula is C19H18F3N3O2S. The van der Waals surface area contributed by atoms with E-state index >= 15 is 0 Å². The van der Waals surface area contributed by atoms with Crippen LogP contribution in [-0.4, -0.2) is 27.3 Å². The van der Waals surface area contributed by atoms with Gasteiger partial charge in [0.2, 0.25) is 0 Å². The van der Waals surface area contributed by atoms with Crippen molar-refractivity contribution < 1.29 is 22.7 Å². The monoisotopic (exact) mass is 409 g/mol. The van der Waals surface area contributed by atoms with Crippen molar-refractivity contribution in [2.75, 3.05) is 6.61 Å². The summed E-state index contributed by atoms with van der Waals surface area (Å²) in [6.07, 6.45) is -1.42. The van der Waals surface area contributed by atoms with Gasteiger partial charge in [-0.3, -0.25) is 4.68 Å². The van der Waals surface area contributed by atoms with E-state index < -0.39 is 23.2 Å². The Hall–Kier alpha value is -2.68. The fraction of sp³-hybridized carbons (Fsp3) is 0.316. The van der Waals surface area contributed by atoms with Crippen molar-refractivity contribution >= 4 is 17.3 Å². The number of ether oxygens (including phenoxy) is 1. The Bertz CT molecular complexity index is 992. The molecule has 0 radical (unpaired) electrons. The molecule has 0 aliphatic carbocycles. The summed E-state index contributed by atoms with van der Waals surface area (Å²) in [5.41, 5.74) is -0.248. The number of benzene rings is 1. The smallest absolute Gasteiger partial charge is 0.416 e. The molecule has 0 spiro atoms. The minimum Gasteiger partial charge on any atom is -0.462 e. The van der Waals surface area contributed by atoms with E-state index in [1.54, 1.807) is 29.2 Å². The Labute approximate surface area is 163 Å². The van der Waals surface area contributed by atoms with Crippen LogP contribution in [0.5, 0.6) is 0 Å². The second-order valence-corrected chi connectivity index (χ2v) is 7.43. The molecule has 148 valence electrons. The van der Waals surface area contributed by atoms with Crippen molar-refractivity contribution in [3.05, 3.63) is 58.2 Å². The second kappa shape index (κ2) is 7.38. The van der Waals surface area contributed by atoms with E-state index in [0.717, 1.165) is 12.1 Å². The molecule has 0 amide bonds. The van der Waals surface area contributed by atoms with Gasteiger partial charge in [0.1, 0.15) is 10.5 Å². The number of thiazole rings is 1. The van der Waals surface area contributed by atoms with Crippen LogP contribution in [0.3, 0.4) is 0 Å². The van der Waals surface area contributed by atoms with Crippen LogP contribution in [0.25, 0.3) is 11.3 Å². The molecule has 0 N–H and O–H groups in total. The quantitative estimate of drug-likeness (QED) is 0.558. The first-order chi connectivity index (χ1) is 13.1. The van der Waals surface area contributed by atoms with E-state index in [1.165, 1.54) is 23.6 Å². The third-order valence-electron chi connectivity index (χ3n) is 4.18. The molecule has 2 aromatic heterocycles. The highest BCUT2D eigenvalue weighted by Gasteiger charge is 2.31. The zero-order valence-electron chi connectivity index (χ0n) is 15.4. The topological polar surface area (TPSA) is 57.0 Å². The number of carbonyl (C=O) groups is 1. The van der Waals surface area contributed by atoms with E-state index in [4.69, 9.17) is 4.74 Å². The maximum Gasteiger partial charge on any atom is 0.416 e. The third-order valence-corrected chi connectivity index (χ3v) is 5.33. The lowest BCUT2D eigenvalue weighted by Crippen LogP contribution is -2.28. The normalized spacial score (nSPS) is 12.2. The summed E-state index contributed by atoms with van der Waals surface area (Å²) in [6.45, 7) is 5.71. The Kier molecular flexibility index (Phi) is 5.29. The number of carbonyl (C=O) groups excluding carboxylic acids is 1. The van der Waals surface area contributed by atoms with Crippen LogP contribution in [0, 0.1) is 0 Å². The molecule has 2 heterocycles. The second-order valence-electron chi connectivity index (χ2n) is 6.57. The van der Waals surface area contributed by atoms with Crippen LogP contribution in [0.2, 0.25) is 0 Å². The lowest BCUT2D eigenvalue weighted by Gasteiger charge is -2.22. The molecule has 0 saturated heterocycles. The van der Waals surface area contributed by atoms with Gasteiger partial charge < -0.3 is 4.74 Å². The molecule has 3 rings (SSSR count). The van der Waals surface area contributed by atoms with Crippen molar-refractivity contribution in [1.82, 2.24) is 14.8 Å². The molecule has 0 unspecified atom stereocenters. The number of hydrogen-bond donors (Lipinski definition) is 0. The van der Waals surface area contributed by atoms with Crippen LogP contribution in [0.4, 0.5) is 13.2 Å². The highest BCUT2D eigenvalue weighted by Crippen LogP contribution is 2.34. The Balaban J connectivity index is 1.90. The lowest BCUT2D eigenvalue weighted by atomic mass is 10.1. The van der Waals surface area contributed by atoms with Gasteiger partial charge >= 0.3 is 12.1 Å². The van der Waals surface area contributed by atoms with Gasteiger partial charge in [0.25, 0.3) is 0 Å². The Morgan fingerprint density at radius 1 is 1.29 bits per heavy atom. The molecule has 5 nitrogen and oxygen atoms in total. The molecule has 0 aliphatic heterocycles. The van der Waals surface area contributed by atoms with Crippen LogP contribution < -0.4 is 0 Å². The largest absolute Gasteiger partial charge is 0.462 e. The molecule has 0 atom stereocenters. The fourth-order valence-corrected chi connectivity index (χ4v) is 3.53. The summed E-state index contributed by atoms with van der Waals surface area (Å²) in [6, 6.07) is 5.06. The number of halogens is 3. The minimum atomic E-state index is -4.41. The van der Waals surface area contributed by atoms with Crippen LogP contribution in [0.1, 0.15) is 41.7 Å². The van der Waals surface area contributed by atoms with Crippen molar-refractivity contribution in [3.8, 4) is 11.3 Å². The maximum absolute atomic E-state index is 13.0. The highest BCUT2D eigenvalue weighted by molar-refractivity contribution is 7.10. The molecule has 1 aromatic carbocycles. The van der Waals surface area contributed by atoms with Gasteiger partial charge in [-0.25, -0.2) is 9.78 Å². The zero-order chi connectivity index (χ0) is 20.5. The molecule has 0 aliphatic rings. The average Bonchev–Trinajstić information content (AvgIpc) is 3.32. The number of aromatic nitrogens is 3. The van der Waals surface area contributed by atoms with E-state index in [1.807, 2.05) is 13.8 Å². The van der Waals surface area contributed by atoms with Gasteiger partial charge in [-0.1, -0.05) is 12.1 Å². The van der Waals surface area contributed by atoms with Crippen LogP contribution in [-0.2, 0) is 16.5 Å². The lowest BCUT2D eigenvalue weighted by molar-refractivity contribution is -0.137. The minimum absolute atomic E-state index is 0.264. The maximum atomic E-state index is 13.0. The standard InChI is InChI=1S/C19H18F3N3O2S/c1-4-27-16(26)13-9-23-25(10-13)18(2,3)17-24-15(11-28-17)12-6-5-7-14(8-12)19(20,21)22/h5-11H,4H2,1-3H3. The van der Waals surface area contributed by atoms with Gasteiger partial charge in [0.05, 0.1) is 29.6 Å². The summed E-state index contributed by atoms with van der Waals surface area (Å²) in [5.74, 6) is -0.464. The fourth-order valence-electron chi connectivity index (χ4n) is 2.59. The van der Waals surface area contributed by atoms with E-state index in [2.05, 4.69) is 10.1 Å². The van der Waals surface area contributed by atoms with Crippen molar-refractivity contribution in [1.29, 1.82) is 0 Å². The van der Waals surface area contributed by atoms with Gasteiger partial charge in [-0.2, -0.15) is 18.3 Å². The Morgan fingerprint density at radius 2 is 2.04 bits per heavy atom. The van der Waals surface area contributed by atoms with Crippen molar-refractivity contribution in [3.63, 3.8) is 0 Å². The highest BCUT2D eigenvalue weighted by atomic mass is 32.1. The van der Waals surface area contributed by atoms with Crippen molar-refractivity contribution in [2.24, 2.45) is 0 Å². The number of esters is 1. The number of hydrogen-bond acceptors (Lipinski definition) is 5. The third kappa shape index (κ3) is 3.94. The first kappa shape index (κ1) is 20.1. The van der Waals surface area contributed by atoms with Crippen LogP contribution >= 0.6 is 11.3 Å². The summed E-state index contributed by atoms with van der Waals surface area (Å²) < 4.78 is 45.4. The number of nitrogens with zero attached hydrogens (tertiary/aromatic N) is 3. The van der Waals surface area contributed by atoms with Gasteiger partial charge in [-0.05, 0) is 32.9 Å². The first-order valence-corrected chi connectivity index (χ1v) is 9.37. The van der Waals surface area contributed by atoms with Gasteiger partial charge in [0.15, 0.2) is 0 Å². The molecule has 3 aromatic rings. The summed E-state index contributed by atoms with van der Waals surface area (Å²) >= 11 is 1.32. The molecule has 9 heteroatoms. The van der Waals surface area contributed by atoms with E-state index in [0.29, 0.717) is 21.8 Å². The van der Waals surface area contributed by atoms with Gasteiger partial charge in [0, 0.05) is 17.1 Å². The SMILES string of the molecule is CCOC(=O)c1cnn(C(C)(C)c2nc(-c3cccc(C(F)(F)F)c3)cs2)c1. The Morgan fingerprint density at radius 3 is 2.71 bits per heavy atom. The molecule has 0 bridgehead atoms. The first-order valence-electron chi connectivity index (χ1n) is 8.49. The molecule has 28 heavy (non-hydrogen) atoms. The van der Waals surface area contributed by atoms with Crippen LogP contribution in [0.15, 0.2) is 42.0 Å². The summed E-state index contributed by atoms with van der Waals surface area (Å²) in [5, 5.41) is 6.59. The predicted molar refractivity (Wildman–Crippen MR) is 99.2 cm³/mol. The number of rotatable bonds is 5. The zero-order valence-corrected chi connectivity index (χ0v) is 16.3. The molecule has 0 saturated carbocycles. The van der Waals surface area contributed by atoms with Crippen molar-refractivity contribution in [2.45, 2.75) is 32.5 Å². The van der Waals surface area contributed by atoms with Gasteiger partial charge in [-0.15, -0.1) is 11.3 Å². The summed E-state index contributed by atoms with van der Waals surface area (Å²) in [7, 11) is 0. The summed E-state index contributed by atoms with van der Waals surface area (Å²) in [4.78, 5) is 16.4. The molecule has 0 fully saturated rings. The average molecular weight is 409 g/mol. The number of alkyl halides is 3. The van der Waals surface area contributed by atoms with E-state index in [9.17, 15) is 18.0 Å².